The summed E-state index contributed by atoms with van der Waals surface area (Å²) in [5.41, 5.74) is 0.563. The number of likely N-dealkylation sites (tertiary alicyclic amines) is 1. The molecule has 1 aliphatic rings. The molecule has 17 heavy (non-hydrogen) atoms. The highest BCUT2D eigenvalue weighted by atomic mass is 15.4. The SMILES string of the molecule is CCCCCNC(=NC)N1CC(C)(C)C1(C)C. The Kier molecular flexibility index (Phi) is 4.45. The second-order valence-corrected chi connectivity index (χ2v) is 6.21. The summed E-state index contributed by atoms with van der Waals surface area (Å²) in [5, 5.41) is 3.48. The van der Waals surface area contributed by atoms with Crippen LogP contribution < -0.4 is 5.32 Å². The van der Waals surface area contributed by atoms with Gasteiger partial charge in [0.15, 0.2) is 5.96 Å². The van der Waals surface area contributed by atoms with Crippen LogP contribution in [-0.2, 0) is 0 Å². The molecule has 0 aromatic rings. The van der Waals surface area contributed by atoms with Crippen LogP contribution in [0.1, 0.15) is 53.9 Å². The average molecular weight is 239 g/mol. The number of unbranched alkanes of at least 4 members (excludes halogenated alkanes) is 2. The largest absolute Gasteiger partial charge is 0.356 e. The van der Waals surface area contributed by atoms with Crippen molar-refractivity contribution in [1.29, 1.82) is 0 Å². The van der Waals surface area contributed by atoms with E-state index in [1.54, 1.807) is 0 Å². The maximum absolute atomic E-state index is 4.40. The lowest BCUT2D eigenvalue weighted by molar-refractivity contribution is -0.0667. The maximum Gasteiger partial charge on any atom is 0.194 e. The number of hydrogen-bond acceptors (Lipinski definition) is 1. The first-order valence-electron chi connectivity index (χ1n) is 6.85. The first-order chi connectivity index (χ1) is 7.86. The van der Waals surface area contributed by atoms with Crippen LogP contribution in [0.15, 0.2) is 4.99 Å². The van der Waals surface area contributed by atoms with Gasteiger partial charge >= 0.3 is 0 Å². The lowest BCUT2D eigenvalue weighted by Crippen LogP contribution is -2.72. The smallest absolute Gasteiger partial charge is 0.194 e. The predicted octanol–water partition coefficient (Wildman–Crippen LogP) is 2.87. The van der Waals surface area contributed by atoms with Crippen LogP contribution in [-0.4, -0.2) is 36.5 Å². The standard InChI is InChI=1S/C14H29N3/c1-7-8-9-10-16-12(15-6)17-11-13(2,3)14(17,4)5/h7-11H2,1-6H3,(H,15,16). The average Bonchev–Trinajstić information content (AvgIpc) is 2.27. The van der Waals surface area contributed by atoms with E-state index in [-0.39, 0.29) is 5.54 Å². The van der Waals surface area contributed by atoms with Crippen LogP contribution in [0, 0.1) is 5.41 Å². The minimum absolute atomic E-state index is 0.194. The van der Waals surface area contributed by atoms with Crippen LogP contribution in [0.2, 0.25) is 0 Å². The van der Waals surface area contributed by atoms with Crippen molar-refractivity contribution in [3.05, 3.63) is 0 Å². The molecule has 0 unspecified atom stereocenters. The quantitative estimate of drug-likeness (QED) is 0.464. The van der Waals surface area contributed by atoms with Gasteiger partial charge in [-0.3, -0.25) is 4.99 Å². The molecule has 0 spiro atoms. The summed E-state index contributed by atoms with van der Waals surface area (Å²) >= 11 is 0. The molecule has 1 N–H and O–H groups in total. The molecular weight excluding hydrogens is 210 g/mol. The molecule has 3 nitrogen and oxygen atoms in total. The molecule has 3 heteroatoms. The number of aliphatic imine (C=N–C) groups is 1. The Morgan fingerprint density at radius 1 is 1.24 bits per heavy atom. The van der Waals surface area contributed by atoms with Crippen molar-refractivity contribution in [1.82, 2.24) is 10.2 Å². The molecule has 0 saturated carbocycles. The summed E-state index contributed by atoms with van der Waals surface area (Å²) in [7, 11) is 1.88. The molecule has 0 atom stereocenters. The number of nitrogens with zero attached hydrogens (tertiary/aromatic N) is 2. The van der Waals surface area contributed by atoms with Crippen molar-refractivity contribution >= 4 is 5.96 Å². The van der Waals surface area contributed by atoms with E-state index in [2.05, 4.69) is 49.8 Å². The fraction of sp³-hybridized carbons (Fsp3) is 0.929. The van der Waals surface area contributed by atoms with Crippen molar-refractivity contribution in [2.75, 3.05) is 20.1 Å². The highest BCUT2D eigenvalue weighted by molar-refractivity contribution is 5.81. The molecule has 100 valence electrons. The second-order valence-electron chi connectivity index (χ2n) is 6.21. The summed E-state index contributed by atoms with van der Waals surface area (Å²) < 4.78 is 0. The van der Waals surface area contributed by atoms with Gasteiger partial charge in [-0.15, -0.1) is 0 Å². The maximum atomic E-state index is 4.40. The molecule has 0 aromatic carbocycles. The van der Waals surface area contributed by atoms with Gasteiger partial charge in [0.25, 0.3) is 0 Å². The van der Waals surface area contributed by atoms with Gasteiger partial charge in [0.2, 0.25) is 0 Å². The highest BCUT2D eigenvalue weighted by Gasteiger charge is 2.53. The fourth-order valence-corrected chi connectivity index (χ4v) is 2.27. The van der Waals surface area contributed by atoms with E-state index in [1.807, 2.05) is 7.05 Å². The Morgan fingerprint density at radius 3 is 2.29 bits per heavy atom. The van der Waals surface area contributed by atoms with E-state index in [9.17, 15) is 0 Å². The van der Waals surface area contributed by atoms with Gasteiger partial charge in [-0.2, -0.15) is 0 Å². The van der Waals surface area contributed by atoms with Crippen LogP contribution in [0.25, 0.3) is 0 Å². The molecule has 1 heterocycles. The van der Waals surface area contributed by atoms with Crippen molar-refractivity contribution in [2.24, 2.45) is 10.4 Å². The Balaban J connectivity index is 2.49. The van der Waals surface area contributed by atoms with Gasteiger partial charge in [0.1, 0.15) is 0 Å². The van der Waals surface area contributed by atoms with Gasteiger partial charge in [-0.25, -0.2) is 0 Å². The summed E-state index contributed by atoms with van der Waals surface area (Å²) in [6.45, 7) is 13.6. The molecule has 0 aromatic heterocycles. The van der Waals surface area contributed by atoms with Crippen molar-refractivity contribution in [3.63, 3.8) is 0 Å². The molecule has 1 aliphatic heterocycles. The van der Waals surface area contributed by atoms with E-state index >= 15 is 0 Å². The van der Waals surface area contributed by atoms with Crippen molar-refractivity contribution in [2.45, 2.75) is 59.4 Å². The molecule has 0 bridgehead atoms. The number of hydrogen-bond donors (Lipinski definition) is 1. The zero-order valence-electron chi connectivity index (χ0n) is 12.4. The van der Waals surface area contributed by atoms with E-state index < -0.39 is 0 Å². The van der Waals surface area contributed by atoms with E-state index in [0.29, 0.717) is 5.41 Å². The second kappa shape index (κ2) is 5.28. The zero-order chi connectivity index (χ0) is 13.1. The van der Waals surface area contributed by atoms with Gasteiger partial charge in [-0.1, -0.05) is 33.6 Å². The lowest BCUT2D eigenvalue weighted by Gasteiger charge is -2.62. The molecular formula is C14H29N3. The molecule has 0 radical (unpaired) electrons. The Bertz CT molecular complexity index is 279. The first-order valence-corrected chi connectivity index (χ1v) is 6.85. The third-order valence-corrected chi connectivity index (χ3v) is 4.42. The van der Waals surface area contributed by atoms with Gasteiger partial charge in [-0.05, 0) is 20.3 Å². The van der Waals surface area contributed by atoms with Crippen molar-refractivity contribution in [3.8, 4) is 0 Å². The summed E-state index contributed by atoms with van der Waals surface area (Å²) in [6, 6.07) is 0. The van der Waals surface area contributed by atoms with Gasteiger partial charge < -0.3 is 10.2 Å². The minimum atomic E-state index is 0.194. The van der Waals surface area contributed by atoms with Gasteiger partial charge in [0.05, 0.1) is 0 Å². The normalized spacial score (nSPS) is 22.2. The highest BCUT2D eigenvalue weighted by Crippen LogP contribution is 2.46. The Labute approximate surface area is 107 Å². The Morgan fingerprint density at radius 2 is 1.88 bits per heavy atom. The van der Waals surface area contributed by atoms with Gasteiger partial charge in [0, 0.05) is 31.1 Å². The minimum Gasteiger partial charge on any atom is -0.356 e. The number of nitrogens with one attached hydrogen (secondary N) is 1. The third kappa shape index (κ3) is 2.75. The first kappa shape index (κ1) is 14.3. The molecule has 1 saturated heterocycles. The lowest BCUT2D eigenvalue weighted by atomic mass is 9.65. The fourth-order valence-electron chi connectivity index (χ4n) is 2.27. The summed E-state index contributed by atoms with van der Waals surface area (Å²) in [6.07, 6.45) is 3.79. The number of rotatable bonds is 4. The van der Waals surface area contributed by atoms with E-state index in [0.717, 1.165) is 19.0 Å². The number of guanidine groups is 1. The molecule has 0 aliphatic carbocycles. The summed E-state index contributed by atoms with van der Waals surface area (Å²) in [5.74, 6) is 1.06. The third-order valence-electron chi connectivity index (χ3n) is 4.42. The molecule has 1 fully saturated rings. The van der Waals surface area contributed by atoms with Crippen LogP contribution in [0.5, 0.6) is 0 Å². The predicted molar refractivity (Wildman–Crippen MR) is 75.5 cm³/mol. The monoisotopic (exact) mass is 239 g/mol. The van der Waals surface area contributed by atoms with E-state index in [4.69, 9.17) is 0 Å². The zero-order valence-corrected chi connectivity index (χ0v) is 12.4. The topological polar surface area (TPSA) is 27.6 Å². The van der Waals surface area contributed by atoms with Crippen LogP contribution in [0.4, 0.5) is 0 Å². The molecule has 1 rings (SSSR count). The summed E-state index contributed by atoms with van der Waals surface area (Å²) in [4.78, 5) is 6.79. The van der Waals surface area contributed by atoms with Crippen LogP contribution in [0.3, 0.4) is 0 Å². The Hall–Kier alpha value is -0.730. The van der Waals surface area contributed by atoms with Crippen LogP contribution >= 0.6 is 0 Å². The van der Waals surface area contributed by atoms with E-state index in [1.165, 1.54) is 19.3 Å². The molecule has 0 amide bonds. The van der Waals surface area contributed by atoms with Crippen molar-refractivity contribution < 1.29 is 0 Å².